The minimum Gasteiger partial charge on any atom is -0.309 e. The molecule has 306 valence electrons. The van der Waals surface area contributed by atoms with Gasteiger partial charge in [-0.3, -0.25) is 0 Å². The van der Waals surface area contributed by atoms with Crippen molar-refractivity contribution in [3.05, 3.63) is 206 Å². The van der Waals surface area contributed by atoms with E-state index < -0.39 is 14.3 Å². The Labute approximate surface area is 385 Å². The highest BCUT2D eigenvalue weighted by molar-refractivity contribution is 8.03. The second-order valence-electron chi connectivity index (χ2n) is 15.9. The lowest BCUT2D eigenvalue weighted by Crippen LogP contribution is -2.30. The zero-order chi connectivity index (χ0) is 42.6. The molecular weight excluding hydrogens is 899 g/mol. The Kier molecular flexibility index (Phi) is 8.97. The molecule has 0 bridgehead atoms. The summed E-state index contributed by atoms with van der Waals surface area (Å²) in [6.45, 7) is 0. The Bertz CT molecular complexity index is 3630. The number of benzene rings is 9. The fraction of sp³-hybridized carbons (Fsp3) is 0. The summed E-state index contributed by atoms with van der Waals surface area (Å²) in [6.07, 6.45) is 0. The predicted octanol–water partition coefficient (Wildman–Crippen LogP) is 13.3. The van der Waals surface area contributed by atoms with Crippen molar-refractivity contribution in [1.29, 1.82) is 0 Å². The second kappa shape index (κ2) is 14.9. The van der Waals surface area contributed by atoms with E-state index in [0.29, 0.717) is 0 Å². The maximum Gasteiger partial charge on any atom is 0.173 e. The summed E-state index contributed by atoms with van der Waals surface area (Å²) in [5.41, 5.74) is 6.23. The highest BCUT2D eigenvalue weighted by Crippen LogP contribution is 2.54. The van der Waals surface area contributed by atoms with Crippen LogP contribution in [0.2, 0.25) is 0 Å². The zero-order valence-electron chi connectivity index (χ0n) is 33.9. The molecule has 0 spiro atoms. The van der Waals surface area contributed by atoms with Gasteiger partial charge in [0.15, 0.2) is 14.3 Å². The van der Waals surface area contributed by atoms with Crippen molar-refractivity contribution in [1.82, 2.24) is 9.13 Å². The van der Waals surface area contributed by atoms with Crippen LogP contribution in [0.3, 0.4) is 0 Å². The van der Waals surface area contributed by atoms with Crippen LogP contribution in [-0.2, 0) is 9.13 Å². The summed E-state index contributed by atoms with van der Waals surface area (Å²) < 4.78 is 41.0. The molecule has 0 N–H and O–H groups in total. The number of para-hydroxylation sites is 2. The summed E-state index contributed by atoms with van der Waals surface area (Å²) in [4.78, 5) is 4.12. The van der Waals surface area contributed by atoms with Crippen molar-refractivity contribution < 1.29 is 9.13 Å². The van der Waals surface area contributed by atoms with Crippen molar-refractivity contribution >= 4 is 133 Å². The molecule has 2 atom stereocenters. The molecule has 10 heteroatoms. The first-order chi connectivity index (χ1) is 31.5. The van der Waals surface area contributed by atoms with E-state index in [9.17, 15) is 0 Å². The molecule has 13 rings (SSSR count). The molecule has 2 aliphatic heterocycles. The Balaban J connectivity index is 1.06. The van der Waals surface area contributed by atoms with E-state index in [0.717, 1.165) is 104 Å². The van der Waals surface area contributed by atoms with Crippen LogP contribution in [-0.4, -0.2) is 9.13 Å². The average molecular weight is 933 g/mol. The molecule has 0 fully saturated rings. The molecule has 11 aromatic rings. The predicted molar refractivity (Wildman–Crippen MR) is 276 cm³/mol. The van der Waals surface area contributed by atoms with Crippen molar-refractivity contribution in [2.75, 3.05) is 0 Å². The Hall–Kier alpha value is -5.82. The molecule has 0 amide bonds. The lowest BCUT2D eigenvalue weighted by atomic mass is 10.2. The third kappa shape index (κ3) is 5.77. The summed E-state index contributed by atoms with van der Waals surface area (Å²) in [6, 6.07) is 71.2. The first-order valence-electron chi connectivity index (χ1n) is 20.9. The Morgan fingerprint density at radius 3 is 1.14 bits per heavy atom. The lowest BCUT2D eigenvalue weighted by molar-refractivity contribution is 0.591. The average Bonchev–Trinajstić information content (AvgIpc) is 3.35. The molecule has 0 radical (unpaired) electrons. The smallest absolute Gasteiger partial charge is 0.173 e. The first-order valence-corrected chi connectivity index (χ1v) is 27.6. The van der Waals surface area contributed by atoms with Gasteiger partial charge in [-0.15, -0.1) is 22.7 Å². The number of nitrogens with zero attached hydrogens (tertiary/aromatic N) is 2. The summed E-state index contributed by atoms with van der Waals surface area (Å²) in [5, 5.41) is 5.19. The molecule has 2 unspecified atom stereocenters. The summed E-state index contributed by atoms with van der Waals surface area (Å²) in [5.74, 6) is 0. The second-order valence-corrected chi connectivity index (χ2v) is 25.7. The quantitative estimate of drug-likeness (QED) is 0.130. The highest BCUT2D eigenvalue weighted by atomic mass is 32.2. The van der Waals surface area contributed by atoms with Crippen LogP contribution in [0.5, 0.6) is 0 Å². The van der Waals surface area contributed by atoms with Gasteiger partial charge in [0, 0.05) is 62.8 Å². The van der Waals surface area contributed by atoms with E-state index in [1.165, 1.54) is 0 Å². The van der Waals surface area contributed by atoms with Gasteiger partial charge in [-0.25, -0.2) is 0 Å². The minimum absolute atomic E-state index is 0.838. The number of fused-ring (bicyclic) bond motifs is 8. The summed E-state index contributed by atoms with van der Waals surface area (Å²) in [7, 11) is -6.46. The largest absolute Gasteiger partial charge is 0.309 e. The molecule has 0 saturated carbocycles. The molecule has 2 aromatic heterocycles. The van der Waals surface area contributed by atoms with Gasteiger partial charge in [-0.2, -0.15) is 0 Å². The maximum atomic E-state index is 15.9. The Morgan fingerprint density at radius 1 is 0.312 bits per heavy atom. The van der Waals surface area contributed by atoms with E-state index in [-0.39, 0.29) is 0 Å². The topological polar surface area (TPSA) is 44.0 Å². The number of rotatable bonds is 4. The van der Waals surface area contributed by atoms with Crippen LogP contribution in [0, 0.1) is 0 Å². The van der Waals surface area contributed by atoms with Crippen molar-refractivity contribution in [3.8, 4) is 11.4 Å². The van der Waals surface area contributed by atoms with E-state index >= 15 is 9.13 Å². The highest BCUT2D eigenvalue weighted by Gasteiger charge is 2.39. The molecule has 4 nitrogen and oxygen atoms in total. The number of hydrogen-bond donors (Lipinski definition) is 0. The zero-order valence-corrected chi connectivity index (χ0v) is 38.9. The lowest BCUT2D eigenvalue weighted by Gasteiger charge is -2.29. The number of aromatic nitrogens is 2. The first kappa shape index (κ1) is 38.6. The molecule has 9 aromatic carbocycles. The van der Waals surface area contributed by atoms with Crippen LogP contribution in [0.1, 0.15) is 0 Å². The van der Waals surface area contributed by atoms with Gasteiger partial charge in [0.2, 0.25) is 0 Å². The van der Waals surface area contributed by atoms with Gasteiger partial charge in [-0.1, -0.05) is 133 Å². The molecule has 2 aliphatic rings. The molecule has 0 aliphatic carbocycles. The van der Waals surface area contributed by atoms with Gasteiger partial charge in [0.25, 0.3) is 0 Å². The normalized spacial score (nSPS) is 17.5. The molecule has 4 heterocycles. The monoisotopic (exact) mass is 932 g/mol. The third-order valence-corrected chi connectivity index (χ3v) is 23.8. The van der Waals surface area contributed by atoms with Crippen LogP contribution in [0.4, 0.5) is 0 Å². The minimum atomic E-state index is -3.23. The van der Waals surface area contributed by atoms with Crippen molar-refractivity contribution in [2.45, 2.75) is 19.6 Å². The molecule has 64 heavy (non-hydrogen) atoms. The fourth-order valence-electron chi connectivity index (χ4n) is 9.45. The van der Waals surface area contributed by atoms with Gasteiger partial charge in [0.05, 0.1) is 40.9 Å². The maximum absolute atomic E-state index is 15.9. The molecule has 0 saturated heterocycles. The molecular formula is C54H34N2O2P2S4. The number of hydrogen-bond acceptors (Lipinski definition) is 6. The van der Waals surface area contributed by atoms with Gasteiger partial charge in [0.1, 0.15) is 0 Å². The van der Waals surface area contributed by atoms with E-state index in [1.54, 1.807) is 46.2 Å². The van der Waals surface area contributed by atoms with Crippen LogP contribution >= 0.6 is 60.5 Å². The van der Waals surface area contributed by atoms with Gasteiger partial charge in [-0.05, 0) is 97.1 Å². The SMILES string of the molecule is O=P1(c2ccccc2)c2ccccc2Sc2ccc(-n3c4ccccc4sc4cc5c(cc43)sc3ccccc3n5-c3ccc4c(c3)P(=O)(c3ccccc3)c3ccccc3S4)cc21. The standard InChI is InChI=1S/C54H34N2O2P2S4/c57-59(37-15-3-1-4-16-37)43-21-9-13-25-49(43)63-51-29-27-35(31-45(51)59)55-39-19-7-11-23-47(39)61-53-34-42-54(33-41(53)55)62-48-24-12-8-20-40(48)56(42)36-28-30-52-46(32-36)60(58,38-17-5-2-6-18-38)44-22-10-14-26-50(44)64-52/h1-34H. The van der Waals surface area contributed by atoms with Crippen molar-refractivity contribution in [3.63, 3.8) is 0 Å². The van der Waals surface area contributed by atoms with E-state index in [2.05, 4.69) is 118 Å². The van der Waals surface area contributed by atoms with Gasteiger partial charge < -0.3 is 18.3 Å². The van der Waals surface area contributed by atoms with Crippen LogP contribution in [0.25, 0.3) is 52.2 Å². The van der Waals surface area contributed by atoms with Gasteiger partial charge >= 0.3 is 0 Å². The summed E-state index contributed by atoms with van der Waals surface area (Å²) >= 11 is 6.95. The van der Waals surface area contributed by atoms with Crippen molar-refractivity contribution in [2.24, 2.45) is 0 Å². The van der Waals surface area contributed by atoms with E-state index in [4.69, 9.17) is 0 Å². The fourth-order valence-corrected chi connectivity index (χ4v) is 21.0. The Morgan fingerprint density at radius 2 is 0.688 bits per heavy atom. The van der Waals surface area contributed by atoms with Crippen LogP contribution < -0.4 is 31.8 Å². The van der Waals surface area contributed by atoms with E-state index in [1.807, 2.05) is 97.1 Å². The third-order valence-electron chi connectivity index (χ3n) is 12.3. The van der Waals surface area contributed by atoms with Crippen LogP contribution in [0.15, 0.2) is 226 Å².